The average molecular weight is 407 g/mol. The molecule has 1 fully saturated rings. The van der Waals surface area contributed by atoms with Crippen molar-refractivity contribution in [3.8, 4) is 11.3 Å². The van der Waals surface area contributed by atoms with Crippen LogP contribution < -0.4 is 4.90 Å². The summed E-state index contributed by atoms with van der Waals surface area (Å²) in [5, 5.41) is 10.4. The van der Waals surface area contributed by atoms with Crippen LogP contribution in [0.3, 0.4) is 0 Å². The first-order valence-electron chi connectivity index (χ1n) is 10.1. The van der Waals surface area contributed by atoms with Crippen molar-refractivity contribution in [3.05, 3.63) is 48.5 Å². The molecule has 7 nitrogen and oxygen atoms in total. The van der Waals surface area contributed by atoms with Crippen LogP contribution in [0.1, 0.15) is 25.5 Å². The molecule has 2 unspecified atom stereocenters. The lowest BCUT2D eigenvalue weighted by Gasteiger charge is -2.37. The fraction of sp³-hybridized carbons (Fsp3) is 0.348. The Hall–Kier alpha value is -3.19. The lowest BCUT2D eigenvalue weighted by Crippen LogP contribution is -2.43. The SMILES string of the molecule is COCC=Cc1cnc(-c2ccc3occc3c2)c(N2CCC(C(=O)O)CC2C)n1. The number of aliphatic carboxylic acids is 1. The van der Waals surface area contributed by atoms with Gasteiger partial charge < -0.3 is 19.2 Å². The number of carbonyl (C=O) groups is 1. The number of anilines is 1. The fourth-order valence-electron chi connectivity index (χ4n) is 3.97. The Morgan fingerprint density at radius 3 is 3.03 bits per heavy atom. The number of ether oxygens (including phenoxy) is 1. The monoisotopic (exact) mass is 407 g/mol. The number of furan rings is 1. The van der Waals surface area contributed by atoms with Crippen molar-refractivity contribution in [2.45, 2.75) is 25.8 Å². The Labute approximate surface area is 175 Å². The van der Waals surface area contributed by atoms with Crippen LogP contribution in [0.25, 0.3) is 28.3 Å². The molecule has 7 heteroatoms. The maximum absolute atomic E-state index is 11.5. The molecule has 1 aliphatic rings. The highest BCUT2D eigenvalue weighted by Crippen LogP contribution is 2.34. The van der Waals surface area contributed by atoms with Crippen molar-refractivity contribution >= 4 is 28.8 Å². The molecule has 2 aromatic heterocycles. The minimum absolute atomic E-state index is 0.0451. The number of fused-ring (bicyclic) bond motifs is 1. The van der Waals surface area contributed by atoms with Gasteiger partial charge in [-0.1, -0.05) is 6.08 Å². The summed E-state index contributed by atoms with van der Waals surface area (Å²) in [5.74, 6) is -0.275. The maximum atomic E-state index is 11.5. The molecule has 2 atom stereocenters. The number of hydrogen-bond acceptors (Lipinski definition) is 6. The topological polar surface area (TPSA) is 88.7 Å². The van der Waals surface area contributed by atoms with Crippen LogP contribution >= 0.6 is 0 Å². The predicted molar refractivity (Wildman–Crippen MR) is 115 cm³/mol. The second-order valence-electron chi connectivity index (χ2n) is 7.60. The zero-order chi connectivity index (χ0) is 21.1. The van der Waals surface area contributed by atoms with E-state index in [1.807, 2.05) is 43.3 Å². The number of piperidine rings is 1. The van der Waals surface area contributed by atoms with Crippen LogP contribution in [0, 0.1) is 5.92 Å². The van der Waals surface area contributed by atoms with Crippen molar-refractivity contribution in [2.75, 3.05) is 25.2 Å². The molecule has 0 amide bonds. The third-order valence-electron chi connectivity index (χ3n) is 5.55. The number of benzene rings is 1. The first kappa shape index (κ1) is 20.1. The summed E-state index contributed by atoms with van der Waals surface area (Å²) in [6.45, 7) is 3.17. The van der Waals surface area contributed by atoms with Crippen molar-refractivity contribution in [1.82, 2.24) is 9.97 Å². The summed E-state index contributed by atoms with van der Waals surface area (Å²) in [5.41, 5.74) is 3.29. The average Bonchev–Trinajstić information content (AvgIpc) is 3.21. The Bertz CT molecular complexity index is 1080. The van der Waals surface area contributed by atoms with Crippen LogP contribution in [0.4, 0.5) is 5.82 Å². The minimum atomic E-state index is -0.727. The zero-order valence-corrected chi connectivity index (χ0v) is 17.1. The van der Waals surface area contributed by atoms with E-state index in [9.17, 15) is 9.90 Å². The van der Waals surface area contributed by atoms with Crippen molar-refractivity contribution in [2.24, 2.45) is 5.92 Å². The van der Waals surface area contributed by atoms with E-state index >= 15 is 0 Å². The van der Waals surface area contributed by atoms with Crippen LogP contribution in [0.2, 0.25) is 0 Å². The second kappa shape index (κ2) is 8.67. The molecule has 1 N–H and O–H groups in total. The summed E-state index contributed by atoms with van der Waals surface area (Å²) >= 11 is 0. The Morgan fingerprint density at radius 1 is 1.40 bits per heavy atom. The smallest absolute Gasteiger partial charge is 0.306 e. The highest BCUT2D eigenvalue weighted by molar-refractivity contribution is 5.85. The van der Waals surface area contributed by atoms with Gasteiger partial charge in [0.15, 0.2) is 5.82 Å². The number of nitrogens with zero attached hydrogens (tertiary/aromatic N) is 3. The number of carboxylic acids is 1. The largest absolute Gasteiger partial charge is 0.481 e. The molecular weight excluding hydrogens is 382 g/mol. The van der Waals surface area contributed by atoms with E-state index in [0.29, 0.717) is 26.0 Å². The predicted octanol–water partition coefficient (Wildman–Crippen LogP) is 4.24. The van der Waals surface area contributed by atoms with E-state index in [0.717, 1.165) is 33.7 Å². The third kappa shape index (κ3) is 4.07. The molecule has 0 aliphatic carbocycles. The number of rotatable bonds is 6. The summed E-state index contributed by atoms with van der Waals surface area (Å²) in [6, 6.07) is 7.93. The fourth-order valence-corrected chi connectivity index (χ4v) is 3.97. The molecule has 0 spiro atoms. The van der Waals surface area contributed by atoms with Gasteiger partial charge in [0.1, 0.15) is 11.3 Å². The van der Waals surface area contributed by atoms with Crippen LogP contribution in [0.15, 0.2) is 47.2 Å². The first-order chi connectivity index (χ1) is 14.6. The van der Waals surface area contributed by atoms with Gasteiger partial charge in [-0.25, -0.2) is 4.98 Å². The van der Waals surface area contributed by atoms with Gasteiger partial charge in [0.05, 0.1) is 30.7 Å². The molecule has 1 aromatic carbocycles. The molecule has 30 heavy (non-hydrogen) atoms. The van der Waals surface area contributed by atoms with Gasteiger partial charge in [-0.3, -0.25) is 9.78 Å². The van der Waals surface area contributed by atoms with Crippen LogP contribution in [-0.2, 0) is 9.53 Å². The molecule has 3 heterocycles. The van der Waals surface area contributed by atoms with Crippen molar-refractivity contribution in [3.63, 3.8) is 0 Å². The highest BCUT2D eigenvalue weighted by atomic mass is 16.5. The van der Waals surface area contributed by atoms with E-state index < -0.39 is 5.97 Å². The van der Waals surface area contributed by atoms with Gasteiger partial charge in [-0.15, -0.1) is 0 Å². The standard InChI is InChI=1S/C23H25N3O4/c1-15-12-18(23(27)28)7-9-26(15)22-21(24-14-19(25-22)4-3-10-29-2)17-5-6-20-16(13-17)8-11-30-20/h3-6,8,11,13-15,18H,7,9-10,12H2,1-2H3,(H,27,28). The number of carboxylic acid groups (broad SMARTS) is 1. The molecule has 0 bridgehead atoms. The molecule has 1 saturated heterocycles. The molecule has 4 rings (SSSR count). The molecule has 3 aromatic rings. The first-order valence-corrected chi connectivity index (χ1v) is 10.1. The Kier molecular flexibility index (Phi) is 5.81. The lowest BCUT2D eigenvalue weighted by molar-refractivity contribution is -0.142. The van der Waals surface area contributed by atoms with Gasteiger partial charge in [0.2, 0.25) is 0 Å². The van der Waals surface area contributed by atoms with Gasteiger partial charge in [-0.05, 0) is 50.1 Å². The summed E-state index contributed by atoms with van der Waals surface area (Å²) in [4.78, 5) is 23.3. The van der Waals surface area contributed by atoms with Gasteiger partial charge in [0.25, 0.3) is 0 Å². The molecule has 0 saturated carbocycles. The lowest BCUT2D eigenvalue weighted by atomic mass is 9.91. The number of methoxy groups -OCH3 is 1. The molecular formula is C23H25N3O4. The van der Waals surface area contributed by atoms with E-state index in [-0.39, 0.29) is 12.0 Å². The van der Waals surface area contributed by atoms with Crippen molar-refractivity contribution in [1.29, 1.82) is 0 Å². The van der Waals surface area contributed by atoms with E-state index in [1.54, 1.807) is 19.6 Å². The van der Waals surface area contributed by atoms with Gasteiger partial charge in [0, 0.05) is 30.6 Å². The summed E-state index contributed by atoms with van der Waals surface area (Å²) in [6.07, 6.45) is 8.37. The van der Waals surface area contributed by atoms with Gasteiger partial charge >= 0.3 is 5.97 Å². The van der Waals surface area contributed by atoms with E-state index in [4.69, 9.17) is 19.1 Å². The number of aromatic nitrogens is 2. The van der Waals surface area contributed by atoms with Crippen molar-refractivity contribution < 1.29 is 19.1 Å². The molecule has 0 radical (unpaired) electrons. The second-order valence-corrected chi connectivity index (χ2v) is 7.60. The molecule has 1 aliphatic heterocycles. The summed E-state index contributed by atoms with van der Waals surface area (Å²) < 4.78 is 10.5. The van der Waals surface area contributed by atoms with E-state index in [2.05, 4.69) is 4.90 Å². The third-order valence-corrected chi connectivity index (χ3v) is 5.55. The van der Waals surface area contributed by atoms with E-state index in [1.165, 1.54) is 0 Å². The van der Waals surface area contributed by atoms with Crippen LogP contribution in [0.5, 0.6) is 0 Å². The molecule has 156 valence electrons. The minimum Gasteiger partial charge on any atom is -0.481 e. The quantitative estimate of drug-likeness (QED) is 0.654. The van der Waals surface area contributed by atoms with Gasteiger partial charge in [-0.2, -0.15) is 0 Å². The van der Waals surface area contributed by atoms with Crippen LogP contribution in [-0.4, -0.2) is 47.3 Å². The Morgan fingerprint density at radius 2 is 2.27 bits per heavy atom. The Balaban J connectivity index is 1.74. The zero-order valence-electron chi connectivity index (χ0n) is 17.1. The maximum Gasteiger partial charge on any atom is 0.306 e. The number of hydrogen-bond donors (Lipinski definition) is 1. The highest BCUT2D eigenvalue weighted by Gasteiger charge is 2.32. The normalized spacial score (nSPS) is 19.6. The summed E-state index contributed by atoms with van der Waals surface area (Å²) in [7, 11) is 1.64.